The first-order valence-corrected chi connectivity index (χ1v) is 12.4. The maximum Gasteiger partial charge on any atom is 0.236 e. The predicted octanol–water partition coefficient (Wildman–Crippen LogP) is 5.86. The minimum Gasteiger partial charge on any atom is -0.485 e. The van der Waals surface area contributed by atoms with E-state index in [9.17, 15) is 4.79 Å². The van der Waals surface area contributed by atoms with E-state index in [0.717, 1.165) is 22.6 Å². The van der Waals surface area contributed by atoms with Crippen LogP contribution in [0.3, 0.4) is 0 Å². The molecule has 0 unspecified atom stereocenters. The average Bonchev–Trinajstić information content (AvgIpc) is 3.39. The van der Waals surface area contributed by atoms with Crippen LogP contribution in [0, 0.1) is 6.92 Å². The molecule has 0 spiro atoms. The number of carbonyl (C=O) groups is 1. The van der Waals surface area contributed by atoms with E-state index in [1.165, 1.54) is 23.1 Å². The van der Waals surface area contributed by atoms with Crippen molar-refractivity contribution in [3.8, 4) is 17.0 Å². The summed E-state index contributed by atoms with van der Waals surface area (Å²) in [5, 5.41) is 15.5. The summed E-state index contributed by atoms with van der Waals surface area (Å²) in [5.41, 5.74) is 2.67. The third kappa shape index (κ3) is 6.05. The summed E-state index contributed by atoms with van der Waals surface area (Å²) in [7, 11) is 1.84. The van der Waals surface area contributed by atoms with Crippen LogP contribution in [-0.4, -0.2) is 31.4 Å². The predicted molar refractivity (Wildman–Crippen MR) is 133 cm³/mol. The number of carbonyl (C=O) groups excluding carboxylic acids is 1. The molecular formula is C22H19Cl2N5O2S2. The summed E-state index contributed by atoms with van der Waals surface area (Å²) < 4.78 is 7.65. The summed E-state index contributed by atoms with van der Waals surface area (Å²) in [4.78, 5) is 16.9. The number of nitrogens with zero attached hydrogens (tertiary/aromatic N) is 4. The summed E-state index contributed by atoms with van der Waals surface area (Å²) in [6.45, 7) is 2.18. The van der Waals surface area contributed by atoms with Crippen molar-refractivity contribution in [1.29, 1.82) is 0 Å². The van der Waals surface area contributed by atoms with Crippen LogP contribution in [0.4, 0.5) is 5.13 Å². The number of hydrogen-bond acceptors (Lipinski definition) is 7. The molecule has 0 aliphatic rings. The number of ether oxygens (including phenoxy) is 1. The topological polar surface area (TPSA) is 81.9 Å². The second kappa shape index (κ2) is 10.6. The summed E-state index contributed by atoms with van der Waals surface area (Å²) in [5.74, 6) is 1.39. The van der Waals surface area contributed by atoms with Gasteiger partial charge in [-0.25, -0.2) is 4.98 Å². The fourth-order valence-corrected chi connectivity index (χ4v) is 4.70. The molecule has 1 N–H and O–H groups in total. The van der Waals surface area contributed by atoms with Crippen molar-refractivity contribution < 1.29 is 9.53 Å². The molecule has 1 amide bonds. The SMILES string of the molecule is Cc1cc(Cl)ccc1OCc1nnc(SCC(=O)Nc2nc(-c3ccc(Cl)cc3)cs2)n1C. The van der Waals surface area contributed by atoms with Gasteiger partial charge < -0.3 is 14.6 Å². The number of aryl methyl sites for hydroxylation is 1. The lowest BCUT2D eigenvalue weighted by molar-refractivity contribution is -0.113. The molecule has 2 aromatic heterocycles. The molecule has 0 bridgehead atoms. The van der Waals surface area contributed by atoms with Crippen LogP contribution in [0.1, 0.15) is 11.4 Å². The maximum atomic E-state index is 12.4. The van der Waals surface area contributed by atoms with Crippen LogP contribution in [-0.2, 0) is 18.4 Å². The van der Waals surface area contributed by atoms with Gasteiger partial charge in [0, 0.05) is 28.0 Å². The Labute approximate surface area is 209 Å². The number of benzene rings is 2. The Hall–Kier alpha value is -2.59. The Morgan fingerprint density at radius 1 is 1.15 bits per heavy atom. The highest BCUT2D eigenvalue weighted by atomic mass is 35.5. The number of anilines is 1. The van der Waals surface area contributed by atoms with Crippen LogP contribution >= 0.6 is 46.3 Å². The van der Waals surface area contributed by atoms with Gasteiger partial charge in [-0.15, -0.1) is 21.5 Å². The average molecular weight is 520 g/mol. The third-order valence-electron chi connectivity index (χ3n) is 4.64. The number of thiazole rings is 1. The van der Waals surface area contributed by atoms with E-state index in [1.54, 1.807) is 6.07 Å². The Morgan fingerprint density at radius 3 is 2.67 bits per heavy atom. The van der Waals surface area contributed by atoms with Gasteiger partial charge in [0.1, 0.15) is 12.4 Å². The Balaban J connectivity index is 1.30. The summed E-state index contributed by atoms with van der Waals surface area (Å²) in [6, 6.07) is 12.8. The molecule has 0 aliphatic heterocycles. The zero-order chi connectivity index (χ0) is 23.4. The van der Waals surface area contributed by atoms with Gasteiger partial charge in [0.25, 0.3) is 0 Å². The van der Waals surface area contributed by atoms with Crippen LogP contribution < -0.4 is 10.1 Å². The highest BCUT2D eigenvalue weighted by Gasteiger charge is 2.14. The molecule has 4 rings (SSSR count). The number of nitrogens with one attached hydrogen (secondary N) is 1. The first-order valence-electron chi connectivity index (χ1n) is 9.80. The molecule has 0 fully saturated rings. The monoisotopic (exact) mass is 519 g/mol. The number of rotatable bonds is 8. The van der Waals surface area contributed by atoms with Gasteiger partial charge in [-0.05, 0) is 42.8 Å². The third-order valence-corrected chi connectivity index (χ3v) is 6.91. The molecule has 0 atom stereocenters. The van der Waals surface area contributed by atoms with E-state index >= 15 is 0 Å². The molecular weight excluding hydrogens is 501 g/mol. The second-order valence-corrected chi connectivity index (χ2v) is 9.71. The maximum absolute atomic E-state index is 12.4. The normalized spacial score (nSPS) is 10.9. The van der Waals surface area contributed by atoms with Gasteiger partial charge >= 0.3 is 0 Å². The van der Waals surface area contributed by atoms with E-state index in [-0.39, 0.29) is 18.3 Å². The molecule has 2 heterocycles. The van der Waals surface area contributed by atoms with Crippen molar-refractivity contribution in [2.45, 2.75) is 18.7 Å². The number of amides is 1. The fraction of sp³-hybridized carbons (Fsp3) is 0.182. The molecule has 33 heavy (non-hydrogen) atoms. The minimum atomic E-state index is -0.172. The van der Waals surface area contributed by atoms with Gasteiger partial charge in [0.15, 0.2) is 16.1 Å². The number of aromatic nitrogens is 4. The van der Waals surface area contributed by atoms with Gasteiger partial charge in [0.05, 0.1) is 11.4 Å². The van der Waals surface area contributed by atoms with Crippen LogP contribution in [0.5, 0.6) is 5.75 Å². The molecule has 0 saturated carbocycles. The minimum absolute atomic E-state index is 0.172. The standard InChI is InChI=1S/C22H19Cl2N5O2S2/c1-13-9-16(24)7-8-18(13)31-10-19-27-28-22(29(19)2)33-12-20(30)26-21-25-17(11-32-21)14-3-5-15(23)6-4-14/h3-9,11H,10,12H2,1-2H3,(H,25,26,30). The van der Waals surface area contributed by atoms with Gasteiger partial charge in [-0.3, -0.25) is 4.79 Å². The molecule has 170 valence electrons. The van der Waals surface area contributed by atoms with Crippen LogP contribution in [0.15, 0.2) is 53.0 Å². The molecule has 0 aliphatic carbocycles. The fourth-order valence-electron chi connectivity index (χ4n) is 2.88. The van der Waals surface area contributed by atoms with Crippen molar-refractivity contribution in [3.63, 3.8) is 0 Å². The Bertz CT molecular complexity index is 1270. The lowest BCUT2D eigenvalue weighted by atomic mass is 10.2. The summed E-state index contributed by atoms with van der Waals surface area (Å²) in [6.07, 6.45) is 0. The molecule has 4 aromatic rings. The molecule has 0 radical (unpaired) electrons. The van der Waals surface area contributed by atoms with Gasteiger partial charge in [-0.2, -0.15) is 0 Å². The number of hydrogen-bond donors (Lipinski definition) is 1. The molecule has 7 nitrogen and oxygen atoms in total. The largest absolute Gasteiger partial charge is 0.485 e. The highest BCUT2D eigenvalue weighted by Crippen LogP contribution is 2.27. The Morgan fingerprint density at radius 2 is 1.91 bits per heavy atom. The number of halogens is 2. The van der Waals surface area contributed by atoms with E-state index in [4.69, 9.17) is 27.9 Å². The zero-order valence-corrected chi connectivity index (χ0v) is 20.9. The number of thioether (sulfide) groups is 1. The first kappa shape index (κ1) is 23.6. The lowest BCUT2D eigenvalue weighted by Gasteiger charge is -2.09. The van der Waals surface area contributed by atoms with Crippen LogP contribution in [0.2, 0.25) is 10.0 Å². The van der Waals surface area contributed by atoms with E-state index in [1.807, 2.05) is 60.3 Å². The molecule has 11 heteroatoms. The van der Waals surface area contributed by atoms with Crippen molar-refractivity contribution >= 4 is 57.3 Å². The van der Waals surface area contributed by atoms with Gasteiger partial charge in [-0.1, -0.05) is 47.1 Å². The quantitative estimate of drug-likeness (QED) is 0.293. The highest BCUT2D eigenvalue weighted by molar-refractivity contribution is 7.99. The van der Waals surface area contributed by atoms with E-state index in [2.05, 4.69) is 20.5 Å². The van der Waals surface area contributed by atoms with E-state index < -0.39 is 0 Å². The van der Waals surface area contributed by atoms with Gasteiger partial charge in [0.2, 0.25) is 5.91 Å². The van der Waals surface area contributed by atoms with Crippen LogP contribution in [0.25, 0.3) is 11.3 Å². The van der Waals surface area contributed by atoms with Crippen molar-refractivity contribution in [2.75, 3.05) is 11.1 Å². The second-order valence-electron chi connectivity index (χ2n) is 7.04. The van der Waals surface area contributed by atoms with Crippen molar-refractivity contribution in [2.24, 2.45) is 7.05 Å². The first-order chi connectivity index (χ1) is 15.9. The summed E-state index contributed by atoms with van der Waals surface area (Å²) >= 11 is 14.6. The molecule has 2 aromatic carbocycles. The van der Waals surface area contributed by atoms with E-state index in [0.29, 0.717) is 26.2 Å². The lowest BCUT2D eigenvalue weighted by Crippen LogP contribution is -2.14. The zero-order valence-electron chi connectivity index (χ0n) is 17.7. The van der Waals surface area contributed by atoms with Crippen molar-refractivity contribution in [3.05, 3.63) is 69.3 Å². The smallest absolute Gasteiger partial charge is 0.236 e. The Kier molecular flexibility index (Phi) is 7.54. The van der Waals surface area contributed by atoms with Crippen molar-refractivity contribution in [1.82, 2.24) is 19.7 Å². The molecule has 0 saturated heterocycles.